The molecule has 0 bridgehead atoms. The van der Waals surface area contributed by atoms with Gasteiger partial charge in [-0.25, -0.2) is 0 Å². The van der Waals surface area contributed by atoms with Crippen molar-refractivity contribution < 1.29 is 9.53 Å². The molecule has 0 aromatic carbocycles. The number of amides is 1. The number of hydrogen-bond acceptors (Lipinski definition) is 3. The fourth-order valence-electron chi connectivity index (χ4n) is 4.04. The Labute approximate surface area is 115 Å². The highest BCUT2D eigenvalue weighted by molar-refractivity contribution is 5.90. The van der Waals surface area contributed by atoms with Crippen molar-refractivity contribution in [1.82, 2.24) is 4.90 Å². The summed E-state index contributed by atoms with van der Waals surface area (Å²) < 4.78 is 5.75. The van der Waals surface area contributed by atoms with Crippen molar-refractivity contribution in [2.75, 3.05) is 19.7 Å². The SMILES string of the molecule is CC1=CCN(C(=O)C2(N)C3CCOC3C2(C)C)CC1. The van der Waals surface area contributed by atoms with Gasteiger partial charge in [0.2, 0.25) is 5.91 Å². The zero-order valence-electron chi connectivity index (χ0n) is 12.1. The van der Waals surface area contributed by atoms with E-state index in [1.54, 1.807) is 0 Å². The van der Waals surface area contributed by atoms with Crippen LogP contribution in [-0.4, -0.2) is 42.1 Å². The van der Waals surface area contributed by atoms with Crippen molar-refractivity contribution in [2.45, 2.75) is 45.3 Å². The standard InChI is InChI=1S/C15H24N2O2/c1-10-4-7-17(8-5-10)13(18)15(16)11-6-9-19-12(11)14(15,2)3/h4,11-12H,5-9,16H2,1-3H3. The van der Waals surface area contributed by atoms with E-state index in [-0.39, 0.29) is 23.3 Å². The Hall–Kier alpha value is -0.870. The van der Waals surface area contributed by atoms with Gasteiger partial charge in [-0.05, 0) is 19.8 Å². The van der Waals surface area contributed by atoms with Gasteiger partial charge in [0.25, 0.3) is 0 Å². The lowest BCUT2D eigenvalue weighted by Crippen LogP contribution is -2.80. The number of nitrogens with zero attached hydrogens (tertiary/aromatic N) is 1. The molecule has 3 rings (SSSR count). The highest BCUT2D eigenvalue weighted by atomic mass is 16.5. The lowest BCUT2D eigenvalue weighted by atomic mass is 9.47. The zero-order chi connectivity index (χ0) is 13.8. The van der Waals surface area contributed by atoms with E-state index >= 15 is 0 Å². The van der Waals surface area contributed by atoms with Gasteiger partial charge in [-0.3, -0.25) is 4.79 Å². The van der Waals surface area contributed by atoms with Gasteiger partial charge in [0, 0.05) is 31.0 Å². The van der Waals surface area contributed by atoms with Crippen molar-refractivity contribution in [1.29, 1.82) is 0 Å². The third kappa shape index (κ3) is 1.56. The fraction of sp³-hybridized carbons (Fsp3) is 0.800. The highest BCUT2D eigenvalue weighted by Gasteiger charge is 2.71. The van der Waals surface area contributed by atoms with Crippen molar-refractivity contribution >= 4 is 5.91 Å². The van der Waals surface area contributed by atoms with Crippen LogP contribution in [0.15, 0.2) is 11.6 Å². The maximum atomic E-state index is 12.9. The summed E-state index contributed by atoms with van der Waals surface area (Å²) in [6, 6.07) is 0. The molecular weight excluding hydrogens is 240 g/mol. The smallest absolute Gasteiger partial charge is 0.243 e. The van der Waals surface area contributed by atoms with E-state index in [4.69, 9.17) is 10.5 Å². The molecule has 2 N–H and O–H groups in total. The minimum atomic E-state index is -0.743. The monoisotopic (exact) mass is 264 g/mol. The number of ether oxygens (including phenoxy) is 1. The molecule has 0 spiro atoms. The number of fused-ring (bicyclic) bond motifs is 1. The molecule has 1 aliphatic carbocycles. The Morgan fingerprint density at radius 1 is 1.53 bits per heavy atom. The molecule has 3 atom stereocenters. The normalized spacial score (nSPS) is 40.4. The molecule has 1 saturated carbocycles. The minimum absolute atomic E-state index is 0.119. The van der Waals surface area contributed by atoms with E-state index in [9.17, 15) is 4.79 Å². The molecule has 0 radical (unpaired) electrons. The molecular formula is C15H24N2O2. The number of rotatable bonds is 1. The van der Waals surface area contributed by atoms with E-state index in [2.05, 4.69) is 26.8 Å². The van der Waals surface area contributed by atoms with Gasteiger partial charge in [-0.2, -0.15) is 0 Å². The Morgan fingerprint density at radius 3 is 2.89 bits per heavy atom. The van der Waals surface area contributed by atoms with Gasteiger partial charge in [-0.1, -0.05) is 25.5 Å². The van der Waals surface area contributed by atoms with Crippen LogP contribution in [0.3, 0.4) is 0 Å². The van der Waals surface area contributed by atoms with Crippen LogP contribution in [0.1, 0.15) is 33.6 Å². The van der Waals surface area contributed by atoms with Crippen LogP contribution >= 0.6 is 0 Å². The van der Waals surface area contributed by atoms with Crippen LogP contribution in [0.2, 0.25) is 0 Å². The number of nitrogens with two attached hydrogens (primary N) is 1. The van der Waals surface area contributed by atoms with E-state index in [0.29, 0.717) is 6.54 Å². The summed E-state index contributed by atoms with van der Waals surface area (Å²) in [4.78, 5) is 14.8. The Bertz CT molecular complexity index is 443. The summed E-state index contributed by atoms with van der Waals surface area (Å²) in [6.07, 6.45) is 4.17. The molecule has 4 nitrogen and oxygen atoms in total. The van der Waals surface area contributed by atoms with Crippen LogP contribution < -0.4 is 5.73 Å². The van der Waals surface area contributed by atoms with Crippen molar-refractivity contribution in [2.24, 2.45) is 17.1 Å². The van der Waals surface area contributed by atoms with Crippen molar-refractivity contribution in [3.05, 3.63) is 11.6 Å². The first-order valence-corrected chi connectivity index (χ1v) is 7.24. The molecule has 106 valence electrons. The first-order valence-electron chi connectivity index (χ1n) is 7.24. The average Bonchev–Trinajstić information content (AvgIpc) is 2.86. The quantitative estimate of drug-likeness (QED) is 0.726. The first-order chi connectivity index (χ1) is 8.89. The summed E-state index contributed by atoms with van der Waals surface area (Å²) >= 11 is 0. The number of carbonyl (C=O) groups excluding carboxylic acids is 1. The van der Waals surface area contributed by atoms with Crippen LogP contribution in [0, 0.1) is 11.3 Å². The summed E-state index contributed by atoms with van der Waals surface area (Å²) in [6.45, 7) is 8.51. The second kappa shape index (κ2) is 4.06. The Kier molecular flexibility index (Phi) is 2.81. The third-order valence-electron chi connectivity index (χ3n) is 5.53. The fourth-order valence-corrected chi connectivity index (χ4v) is 4.04. The van der Waals surface area contributed by atoms with Gasteiger partial charge in [0.15, 0.2) is 0 Å². The van der Waals surface area contributed by atoms with Gasteiger partial charge >= 0.3 is 0 Å². The molecule has 1 saturated heterocycles. The van der Waals surface area contributed by atoms with E-state index in [1.807, 2.05) is 4.90 Å². The highest BCUT2D eigenvalue weighted by Crippen LogP contribution is 2.58. The molecule has 0 aromatic heterocycles. The topological polar surface area (TPSA) is 55.6 Å². The van der Waals surface area contributed by atoms with E-state index in [0.717, 1.165) is 26.0 Å². The Balaban J connectivity index is 1.83. The van der Waals surface area contributed by atoms with Crippen LogP contribution in [0.25, 0.3) is 0 Å². The molecule has 3 aliphatic rings. The minimum Gasteiger partial charge on any atom is -0.377 e. The molecule has 1 amide bonds. The van der Waals surface area contributed by atoms with Crippen LogP contribution in [0.5, 0.6) is 0 Å². The first kappa shape index (κ1) is 13.1. The third-order valence-corrected chi connectivity index (χ3v) is 5.53. The van der Waals surface area contributed by atoms with Gasteiger partial charge in [-0.15, -0.1) is 0 Å². The molecule has 2 aliphatic heterocycles. The van der Waals surface area contributed by atoms with E-state index < -0.39 is 5.54 Å². The molecule has 19 heavy (non-hydrogen) atoms. The lowest BCUT2D eigenvalue weighted by molar-refractivity contribution is -0.184. The second-order valence-corrected chi connectivity index (χ2v) is 6.83. The summed E-state index contributed by atoms with van der Waals surface area (Å²) in [7, 11) is 0. The number of carbonyl (C=O) groups is 1. The molecule has 3 unspecified atom stereocenters. The number of hydrogen-bond donors (Lipinski definition) is 1. The molecule has 0 aromatic rings. The predicted octanol–water partition coefficient (Wildman–Crippen LogP) is 1.31. The van der Waals surface area contributed by atoms with Crippen molar-refractivity contribution in [3.8, 4) is 0 Å². The molecule has 2 fully saturated rings. The molecule has 2 heterocycles. The summed E-state index contributed by atoms with van der Waals surface area (Å²) in [5, 5.41) is 0. The molecule has 4 heteroatoms. The second-order valence-electron chi connectivity index (χ2n) is 6.83. The zero-order valence-corrected chi connectivity index (χ0v) is 12.1. The summed E-state index contributed by atoms with van der Waals surface area (Å²) in [5.74, 6) is 0.315. The maximum Gasteiger partial charge on any atom is 0.243 e. The van der Waals surface area contributed by atoms with Crippen molar-refractivity contribution in [3.63, 3.8) is 0 Å². The largest absolute Gasteiger partial charge is 0.377 e. The van der Waals surface area contributed by atoms with Gasteiger partial charge in [0.1, 0.15) is 5.54 Å². The van der Waals surface area contributed by atoms with Gasteiger partial charge in [0.05, 0.1) is 6.10 Å². The summed E-state index contributed by atoms with van der Waals surface area (Å²) in [5.41, 5.74) is 6.94. The van der Waals surface area contributed by atoms with E-state index in [1.165, 1.54) is 5.57 Å². The lowest BCUT2D eigenvalue weighted by Gasteiger charge is -2.61. The average molecular weight is 264 g/mol. The van der Waals surface area contributed by atoms with Crippen LogP contribution in [0.4, 0.5) is 0 Å². The Morgan fingerprint density at radius 2 is 2.26 bits per heavy atom. The van der Waals surface area contributed by atoms with Gasteiger partial charge < -0.3 is 15.4 Å². The maximum absolute atomic E-state index is 12.9. The van der Waals surface area contributed by atoms with Crippen LogP contribution in [-0.2, 0) is 9.53 Å². The predicted molar refractivity (Wildman–Crippen MR) is 73.5 cm³/mol.